The molecule has 0 atom stereocenters. The maximum Gasteiger partial charge on any atom is 0.445 e. The summed E-state index contributed by atoms with van der Waals surface area (Å²) in [4.78, 5) is 39.1. The number of carbonyl (C=O) groups excluding carboxylic acids is 2. The van der Waals surface area contributed by atoms with Crippen LogP contribution in [-0.4, -0.2) is 49.5 Å². The van der Waals surface area contributed by atoms with Crippen LogP contribution in [0, 0.1) is 23.7 Å². The number of carbonyl (C=O) groups is 2. The molecule has 8 nitrogen and oxygen atoms in total. The maximum absolute atomic E-state index is 13.8. The summed E-state index contributed by atoms with van der Waals surface area (Å²) >= 11 is 0. The van der Waals surface area contributed by atoms with E-state index in [0.717, 1.165) is 0 Å². The van der Waals surface area contributed by atoms with Crippen molar-refractivity contribution in [1.29, 1.82) is 0 Å². The van der Waals surface area contributed by atoms with Gasteiger partial charge in [-0.1, -0.05) is 55.4 Å². The van der Waals surface area contributed by atoms with Crippen molar-refractivity contribution >= 4 is 24.4 Å². The number of nitrogens with zero attached hydrogens (tertiary/aromatic N) is 4. The highest BCUT2D eigenvalue weighted by molar-refractivity contribution is 6.73. The lowest BCUT2D eigenvalue weighted by Crippen LogP contribution is -2.70. The summed E-state index contributed by atoms with van der Waals surface area (Å²) in [6.45, 7) is 14.7. The Bertz CT molecular complexity index is 761. The second kappa shape index (κ2) is 9.08. The fourth-order valence-corrected chi connectivity index (χ4v) is 4.30. The Morgan fingerprint density at radius 1 is 0.806 bits per heavy atom. The summed E-state index contributed by atoms with van der Waals surface area (Å²) in [7, 11) is 0. The average molecular weight is 428 g/mol. The number of hydrogen-bond acceptors (Lipinski definition) is 6. The molecule has 1 aromatic heterocycles. The Morgan fingerprint density at radius 3 is 1.48 bits per heavy atom. The van der Waals surface area contributed by atoms with Gasteiger partial charge in [-0.2, -0.15) is 0 Å². The van der Waals surface area contributed by atoms with E-state index in [1.165, 1.54) is 9.62 Å². The number of nitrogens with two attached hydrogens (primary N) is 2. The van der Waals surface area contributed by atoms with E-state index in [4.69, 9.17) is 11.5 Å². The molecule has 2 rings (SSSR count). The molecule has 0 aromatic carbocycles. The predicted molar refractivity (Wildman–Crippen MR) is 123 cm³/mol. The average Bonchev–Trinajstić information content (AvgIpc) is 3.16. The molecule has 170 valence electrons. The predicted octanol–water partition coefficient (Wildman–Crippen LogP) is 1.33. The van der Waals surface area contributed by atoms with Gasteiger partial charge in [0, 0.05) is 31.0 Å². The van der Waals surface area contributed by atoms with E-state index in [-0.39, 0.29) is 35.5 Å². The SMILES string of the molecule is CC(C)C(N)(C(=O)N1C=CN(C(=O)C(N)(C(C)C)C(C)C)B1c1cnccn1)C(C)C. The van der Waals surface area contributed by atoms with Crippen molar-refractivity contribution in [3.8, 4) is 0 Å². The van der Waals surface area contributed by atoms with Crippen LogP contribution in [0.15, 0.2) is 31.0 Å². The van der Waals surface area contributed by atoms with Crippen LogP contribution in [0.2, 0.25) is 0 Å². The highest BCUT2D eigenvalue weighted by Gasteiger charge is 2.53. The summed E-state index contributed by atoms with van der Waals surface area (Å²) in [5, 5.41) is 0. The molecule has 1 aliphatic rings. The minimum absolute atomic E-state index is 0.111. The zero-order chi connectivity index (χ0) is 23.7. The molecule has 1 aliphatic heterocycles. The standard InChI is InChI=1S/C22H37BN6O2/c1-14(2)21(24,15(3)4)19(30)28-11-12-29(23(28)18-13-26-9-10-27-18)20(31)22(25,16(5)6)17(7)8/h9-17H,24-25H2,1-8H3. The lowest BCUT2D eigenvalue weighted by Gasteiger charge is -2.42. The van der Waals surface area contributed by atoms with Gasteiger partial charge in [-0.05, 0) is 23.7 Å². The first-order valence-electron chi connectivity index (χ1n) is 11.0. The normalized spacial score (nSPS) is 15.2. The molecule has 0 aliphatic carbocycles. The first-order chi connectivity index (χ1) is 14.3. The Balaban J connectivity index is 2.58. The van der Waals surface area contributed by atoms with Crippen molar-refractivity contribution in [3.05, 3.63) is 31.0 Å². The monoisotopic (exact) mass is 428 g/mol. The van der Waals surface area contributed by atoms with Crippen LogP contribution in [0.5, 0.6) is 0 Å². The number of hydrogen-bond donors (Lipinski definition) is 2. The van der Waals surface area contributed by atoms with Gasteiger partial charge in [-0.25, -0.2) is 0 Å². The smallest absolute Gasteiger partial charge is 0.334 e. The Morgan fingerprint density at radius 2 is 1.19 bits per heavy atom. The largest absolute Gasteiger partial charge is 0.445 e. The molecular weight excluding hydrogens is 391 g/mol. The van der Waals surface area contributed by atoms with Gasteiger partial charge in [0.2, 0.25) is 11.8 Å². The summed E-state index contributed by atoms with van der Waals surface area (Å²) in [6, 6.07) is 0. The molecule has 0 spiro atoms. The Hall–Kier alpha value is -2.26. The van der Waals surface area contributed by atoms with Crippen LogP contribution in [-0.2, 0) is 9.59 Å². The first-order valence-corrected chi connectivity index (χ1v) is 11.0. The second-order valence-electron chi connectivity index (χ2n) is 9.71. The first kappa shape index (κ1) is 25.0. The van der Waals surface area contributed by atoms with Gasteiger partial charge in [0.15, 0.2) is 0 Å². The fraction of sp³-hybridized carbons (Fsp3) is 0.636. The molecule has 9 heteroatoms. The summed E-state index contributed by atoms with van der Waals surface area (Å²) in [5.74, 6) is -0.977. The zero-order valence-electron chi connectivity index (χ0n) is 20.0. The van der Waals surface area contributed by atoms with Crippen LogP contribution >= 0.6 is 0 Å². The summed E-state index contributed by atoms with van der Waals surface area (Å²) in [5.41, 5.74) is 11.6. The van der Waals surface area contributed by atoms with Crippen LogP contribution in [0.4, 0.5) is 0 Å². The second-order valence-corrected chi connectivity index (χ2v) is 9.71. The zero-order valence-corrected chi connectivity index (χ0v) is 20.0. The third-order valence-electron chi connectivity index (χ3n) is 6.79. The maximum atomic E-state index is 13.8. The minimum atomic E-state index is -1.11. The Labute approximate surface area is 186 Å². The van der Waals surface area contributed by atoms with Crippen LogP contribution in [0.3, 0.4) is 0 Å². The van der Waals surface area contributed by atoms with Crippen molar-refractivity contribution in [3.63, 3.8) is 0 Å². The summed E-state index contributed by atoms with van der Waals surface area (Å²) < 4.78 is 0. The van der Waals surface area contributed by atoms with Crippen molar-refractivity contribution in [1.82, 2.24) is 19.6 Å². The number of rotatable bonds is 7. The number of amides is 2. The summed E-state index contributed by atoms with van der Waals surface area (Å²) in [6.07, 6.45) is 7.86. The van der Waals surface area contributed by atoms with Crippen LogP contribution in [0.1, 0.15) is 55.4 Å². The molecule has 2 amide bonds. The van der Waals surface area contributed by atoms with Gasteiger partial charge in [-0.3, -0.25) is 19.6 Å². The van der Waals surface area contributed by atoms with E-state index < -0.39 is 18.1 Å². The van der Waals surface area contributed by atoms with E-state index >= 15 is 0 Å². The van der Waals surface area contributed by atoms with Gasteiger partial charge in [-0.15, -0.1) is 0 Å². The van der Waals surface area contributed by atoms with E-state index in [0.29, 0.717) is 5.59 Å². The number of aromatic nitrogens is 2. The van der Waals surface area contributed by atoms with Crippen LogP contribution in [0.25, 0.3) is 0 Å². The van der Waals surface area contributed by atoms with E-state index in [1.54, 1.807) is 31.0 Å². The van der Waals surface area contributed by atoms with Crippen molar-refractivity contribution in [2.75, 3.05) is 0 Å². The molecule has 31 heavy (non-hydrogen) atoms. The molecule has 0 bridgehead atoms. The lowest BCUT2D eigenvalue weighted by atomic mass is 9.64. The van der Waals surface area contributed by atoms with Gasteiger partial charge in [0.1, 0.15) is 0 Å². The minimum Gasteiger partial charge on any atom is -0.334 e. The topological polar surface area (TPSA) is 118 Å². The molecule has 0 radical (unpaired) electrons. The third-order valence-corrected chi connectivity index (χ3v) is 6.79. The molecule has 0 unspecified atom stereocenters. The van der Waals surface area contributed by atoms with Crippen molar-refractivity contribution in [2.24, 2.45) is 35.1 Å². The van der Waals surface area contributed by atoms with Gasteiger partial charge < -0.3 is 21.1 Å². The van der Waals surface area contributed by atoms with Gasteiger partial charge >= 0.3 is 6.98 Å². The van der Waals surface area contributed by atoms with Gasteiger partial charge in [0.25, 0.3) is 0 Å². The van der Waals surface area contributed by atoms with E-state index in [9.17, 15) is 9.59 Å². The van der Waals surface area contributed by atoms with E-state index in [2.05, 4.69) is 9.97 Å². The third kappa shape index (κ3) is 4.13. The highest BCUT2D eigenvalue weighted by atomic mass is 16.2. The van der Waals surface area contributed by atoms with Crippen LogP contribution < -0.4 is 17.1 Å². The highest BCUT2D eigenvalue weighted by Crippen LogP contribution is 2.31. The van der Waals surface area contributed by atoms with E-state index in [1.807, 2.05) is 55.4 Å². The molecule has 0 saturated carbocycles. The van der Waals surface area contributed by atoms with Crippen molar-refractivity contribution < 1.29 is 9.59 Å². The van der Waals surface area contributed by atoms with Gasteiger partial charge in [0.05, 0.1) is 16.7 Å². The lowest BCUT2D eigenvalue weighted by molar-refractivity contribution is -0.135. The Kier molecular flexibility index (Phi) is 7.33. The molecule has 0 saturated heterocycles. The molecule has 1 aromatic rings. The quantitative estimate of drug-likeness (QED) is 0.633. The van der Waals surface area contributed by atoms with Crippen molar-refractivity contribution in [2.45, 2.75) is 66.5 Å². The molecule has 0 fully saturated rings. The molecule has 2 heterocycles. The molecule has 4 N–H and O–H groups in total. The fourth-order valence-electron chi connectivity index (χ4n) is 4.30. The molecular formula is C22H37BN6O2.